The summed E-state index contributed by atoms with van der Waals surface area (Å²) >= 11 is 0. The first kappa shape index (κ1) is 20.0. The van der Waals surface area contributed by atoms with Gasteiger partial charge in [-0.3, -0.25) is 4.98 Å². The van der Waals surface area contributed by atoms with Crippen LogP contribution in [0.4, 0.5) is 0 Å². The summed E-state index contributed by atoms with van der Waals surface area (Å²) in [5, 5.41) is 1.34. The van der Waals surface area contributed by atoms with Crippen molar-refractivity contribution in [1.29, 1.82) is 0 Å². The van der Waals surface area contributed by atoms with Crippen LogP contribution in [-0.2, 0) is 0 Å². The van der Waals surface area contributed by atoms with Crippen molar-refractivity contribution in [2.75, 3.05) is 14.1 Å². The minimum absolute atomic E-state index is 0.346. The molecule has 0 radical (unpaired) electrons. The first-order chi connectivity index (χ1) is 15.1. The number of aromatic nitrogens is 1. The summed E-state index contributed by atoms with van der Waals surface area (Å²) in [5.41, 5.74) is 4.57. The Morgan fingerprint density at radius 2 is 1.81 bits per heavy atom. The molecule has 3 unspecified atom stereocenters. The van der Waals surface area contributed by atoms with E-state index in [0.717, 1.165) is 41.1 Å². The van der Waals surface area contributed by atoms with Crippen LogP contribution in [0.5, 0.6) is 0 Å². The zero-order valence-electron chi connectivity index (χ0n) is 19.6. The second-order valence-electron chi connectivity index (χ2n) is 11.6. The van der Waals surface area contributed by atoms with Crippen LogP contribution in [0.2, 0.25) is 0 Å². The molecular weight excluding hydrogens is 376 g/mol. The van der Waals surface area contributed by atoms with Crippen LogP contribution in [0.3, 0.4) is 0 Å². The molecule has 0 bridgehead atoms. The molecule has 2 aromatic rings. The largest absolute Gasteiger partial charge is 0.306 e. The molecule has 0 aliphatic heterocycles. The molecule has 3 saturated carbocycles. The third-order valence-electron chi connectivity index (χ3n) is 10.2. The molecule has 4 aliphatic rings. The summed E-state index contributed by atoms with van der Waals surface area (Å²) in [6.07, 6.45) is 16.0. The molecule has 7 atom stereocenters. The number of fused-ring (bicyclic) bond motifs is 6. The molecule has 1 heterocycles. The summed E-state index contributed by atoms with van der Waals surface area (Å²) in [6, 6.07) is 11.9. The van der Waals surface area contributed by atoms with Crippen molar-refractivity contribution in [3.05, 3.63) is 48.2 Å². The lowest BCUT2D eigenvalue weighted by molar-refractivity contribution is -0.0481. The van der Waals surface area contributed by atoms with Gasteiger partial charge >= 0.3 is 0 Å². The van der Waals surface area contributed by atoms with Crippen LogP contribution in [0.15, 0.2) is 42.6 Å². The molecule has 1 aromatic heterocycles. The topological polar surface area (TPSA) is 16.1 Å². The van der Waals surface area contributed by atoms with Gasteiger partial charge in [-0.05, 0) is 124 Å². The van der Waals surface area contributed by atoms with Gasteiger partial charge in [-0.25, -0.2) is 0 Å². The molecule has 4 aliphatic carbocycles. The van der Waals surface area contributed by atoms with Crippen molar-refractivity contribution < 1.29 is 0 Å². The van der Waals surface area contributed by atoms with Crippen LogP contribution in [-0.4, -0.2) is 30.0 Å². The van der Waals surface area contributed by atoms with Gasteiger partial charge in [0.1, 0.15) is 0 Å². The monoisotopic (exact) mass is 414 g/mol. The van der Waals surface area contributed by atoms with Crippen molar-refractivity contribution in [3.8, 4) is 0 Å². The van der Waals surface area contributed by atoms with E-state index in [4.69, 9.17) is 0 Å². The van der Waals surface area contributed by atoms with Crippen LogP contribution in [0, 0.1) is 35.0 Å². The number of hydrogen-bond donors (Lipinski definition) is 0. The average molecular weight is 415 g/mol. The molecule has 0 spiro atoms. The van der Waals surface area contributed by atoms with Crippen molar-refractivity contribution in [2.45, 2.75) is 64.3 Å². The summed E-state index contributed by atoms with van der Waals surface area (Å²) in [6.45, 7) is 2.61. The molecule has 0 N–H and O–H groups in total. The first-order valence-corrected chi connectivity index (χ1v) is 12.8. The predicted molar refractivity (Wildman–Crippen MR) is 130 cm³/mol. The van der Waals surface area contributed by atoms with Gasteiger partial charge in [-0.15, -0.1) is 0 Å². The Kier molecular flexibility index (Phi) is 4.79. The molecule has 1 aromatic carbocycles. The number of allylic oxidation sites excluding steroid dienone is 2. The molecule has 3 fully saturated rings. The Balaban J connectivity index is 1.28. The highest BCUT2D eigenvalue weighted by molar-refractivity contribution is 5.93. The summed E-state index contributed by atoms with van der Waals surface area (Å²) in [7, 11) is 4.58. The van der Waals surface area contributed by atoms with E-state index in [1.54, 1.807) is 5.57 Å². The van der Waals surface area contributed by atoms with Crippen LogP contribution in [0.1, 0.15) is 63.9 Å². The van der Waals surface area contributed by atoms with Crippen molar-refractivity contribution >= 4 is 16.5 Å². The zero-order chi connectivity index (χ0) is 21.2. The smallest absolute Gasteiger partial charge is 0.0708 e. The van der Waals surface area contributed by atoms with Gasteiger partial charge in [0.05, 0.1) is 5.52 Å². The molecule has 6 rings (SSSR count). The van der Waals surface area contributed by atoms with Gasteiger partial charge < -0.3 is 4.90 Å². The Morgan fingerprint density at radius 3 is 2.68 bits per heavy atom. The molecule has 0 amide bonds. The fourth-order valence-electron chi connectivity index (χ4n) is 8.62. The van der Waals surface area contributed by atoms with E-state index in [-0.39, 0.29) is 0 Å². The Hall–Kier alpha value is -1.67. The maximum Gasteiger partial charge on any atom is 0.0708 e. The highest BCUT2D eigenvalue weighted by atomic mass is 15.1. The molecule has 2 nitrogen and oxygen atoms in total. The standard InChI is InChI=1S/C29H38N2/c1-29-16-15-22-21-12-10-20(31(2)3)18-19(21)9-11-24(22)27(29)14-13-26(29)23-6-4-8-28-25(23)7-5-17-30-28/h4-8,13,17,19-22,24,27H,9-12,14-16,18H2,1-3H3/t19-,20-,21?,22+,24?,27-,29?/m0/s1. The molecule has 0 saturated heterocycles. The fourth-order valence-corrected chi connectivity index (χ4v) is 8.62. The van der Waals surface area contributed by atoms with E-state index in [1.165, 1.54) is 62.3 Å². The second kappa shape index (κ2) is 7.44. The SMILES string of the molecule is CN(C)[C@H]1CCC2[C@@H](CCC3[C@@H]2CCC2(C)C(c4cccc5ncccc45)=CC[C@@H]32)C1. The van der Waals surface area contributed by atoms with Gasteiger partial charge in [0.2, 0.25) is 0 Å². The highest BCUT2D eigenvalue weighted by Gasteiger charge is 2.55. The summed E-state index contributed by atoms with van der Waals surface area (Å²) in [4.78, 5) is 7.13. The first-order valence-electron chi connectivity index (χ1n) is 12.8. The number of benzene rings is 1. The van der Waals surface area contributed by atoms with Crippen LogP contribution >= 0.6 is 0 Å². The maximum atomic E-state index is 4.64. The average Bonchev–Trinajstić information content (AvgIpc) is 3.15. The van der Waals surface area contributed by atoms with Gasteiger partial charge in [-0.2, -0.15) is 0 Å². The number of pyridine rings is 1. The summed E-state index contributed by atoms with van der Waals surface area (Å²) < 4.78 is 0. The van der Waals surface area contributed by atoms with Crippen molar-refractivity contribution in [3.63, 3.8) is 0 Å². The minimum atomic E-state index is 0.346. The Bertz CT molecular complexity index is 1000. The van der Waals surface area contributed by atoms with Crippen molar-refractivity contribution in [2.24, 2.45) is 35.0 Å². The second-order valence-corrected chi connectivity index (χ2v) is 11.6. The normalized spacial score (nSPS) is 39.7. The van der Waals surface area contributed by atoms with Gasteiger partial charge in [-0.1, -0.05) is 31.2 Å². The van der Waals surface area contributed by atoms with E-state index >= 15 is 0 Å². The number of hydrogen-bond acceptors (Lipinski definition) is 2. The number of rotatable bonds is 2. The molecule has 164 valence electrons. The molecule has 31 heavy (non-hydrogen) atoms. The zero-order valence-corrected chi connectivity index (χ0v) is 19.6. The lowest BCUT2D eigenvalue weighted by Crippen LogP contribution is -2.49. The molecular formula is C29H38N2. The molecule has 2 heteroatoms. The van der Waals surface area contributed by atoms with Crippen LogP contribution < -0.4 is 0 Å². The van der Waals surface area contributed by atoms with E-state index in [9.17, 15) is 0 Å². The number of nitrogens with zero attached hydrogens (tertiary/aromatic N) is 2. The maximum absolute atomic E-state index is 4.64. The lowest BCUT2D eigenvalue weighted by atomic mass is 9.49. The Labute approximate surface area is 188 Å². The van der Waals surface area contributed by atoms with Crippen molar-refractivity contribution in [1.82, 2.24) is 9.88 Å². The lowest BCUT2D eigenvalue weighted by Gasteiger charge is -2.56. The van der Waals surface area contributed by atoms with Gasteiger partial charge in [0, 0.05) is 17.6 Å². The van der Waals surface area contributed by atoms with Gasteiger partial charge in [0.15, 0.2) is 0 Å². The van der Waals surface area contributed by atoms with E-state index < -0.39 is 0 Å². The van der Waals surface area contributed by atoms with E-state index in [0.29, 0.717) is 5.41 Å². The fraction of sp³-hybridized carbons (Fsp3) is 0.621. The third kappa shape index (κ3) is 3.04. The van der Waals surface area contributed by atoms with E-state index in [2.05, 4.69) is 67.3 Å². The summed E-state index contributed by atoms with van der Waals surface area (Å²) in [5.74, 6) is 4.77. The van der Waals surface area contributed by atoms with E-state index in [1.807, 2.05) is 6.20 Å². The highest BCUT2D eigenvalue weighted by Crippen LogP contribution is 2.64. The Morgan fingerprint density at radius 1 is 0.935 bits per heavy atom. The quantitative estimate of drug-likeness (QED) is 0.536. The third-order valence-corrected chi connectivity index (χ3v) is 10.2. The predicted octanol–water partition coefficient (Wildman–Crippen LogP) is 6.81. The minimum Gasteiger partial charge on any atom is -0.306 e. The van der Waals surface area contributed by atoms with Gasteiger partial charge in [0.25, 0.3) is 0 Å². The van der Waals surface area contributed by atoms with Crippen LogP contribution in [0.25, 0.3) is 16.5 Å².